The van der Waals surface area contributed by atoms with Crippen LogP contribution in [0, 0.1) is 18.5 Å². The van der Waals surface area contributed by atoms with E-state index in [-0.39, 0.29) is 0 Å². The van der Waals surface area contributed by atoms with Gasteiger partial charge in [-0.1, -0.05) is 0 Å². The molecule has 0 aliphatic carbocycles. The molecule has 0 aromatic carbocycles. The van der Waals surface area contributed by atoms with Crippen LogP contribution in [-0.4, -0.2) is 22.3 Å². The van der Waals surface area contributed by atoms with Gasteiger partial charge in [0.25, 0.3) is 0 Å². The van der Waals surface area contributed by atoms with Gasteiger partial charge in [0.15, 0.2) is 0 Å². The average Bonchev–Trinajstić information content (AvgIpc) is 2.30. The van der Waals surface area contributed by atoms with E-state index in [4.69, 9.17) is 7.33 Å². The predicted molar refractivity (Wildman–Crippen MR) is 58.7 cm³/mol. The van der Waals surface area contributed by atoms with Crippen LogP contribution in [0.4, 0.5) is 4.39 Å². The second-order valence-corrected chi connectivity index (χ2v) is 3.22. The van der Waals surface area contributed by atoms with E-state index in [1.54, 1.807) is 6.07 Å². The van der Waals surface area contributed by atoms with Gasteiger partial charge in [-0.05, 0) is 0 Å². The Morgan fingerprint density at radius 1 is 1.25 bits per heavy atom. The Labute approximate surface area is 93.2 Å². The Morgan fingerprint density at radius 3 is 2.56 bits per heavy atom. The molecular weight excluding hydrogens is 204 g/mol. The summed E-state index contributed by atoms with van der Waals surface area (Å²) >= 11 is 0. The van der Waals surface area contributed by atoms with Crippen molar-refractivity contribution in [3.05, 3.63) is 41.7 Å². The number of aryl methyl sites for hydroxylation is 1. The van der Waals surface area contributed by atoms with Gasteiger partial charge in [-0.2, -0.15) is 0 Å². The van der Waals surface area contributed by atoms with E-state index >= 15 is 0 Å². The second kappa shape index (κ2) is 4.25. The molecule has 0 N–H and O–H groups in total. The molecular formula is C11H7BFN3. The zero-order valence-electron chi connectivity index (χ0n) is 8.61. The van der Waals surface area contributed by atoms with Gasteiger partial charge in [-0.25, -0.2) is 0 Å². The minimum absolute atomic E-state index is 0.377. The zero-order valence-corrected chi connectivity index (χ0v) is 8.61. The molecule has 5 heteroatoms. The van der Waals surface area contributed by atoms with Crippen LogP contribution in [0.25, 0.3) is 11.4 Å². The molecule has 0 aliphatic rings. The molecule has 0 aliphatic heterocycles. The molecule has 0 radical (unpaired) electrons. The van der Waals surface area contributed by atoms with Crippen LogP contribution < -0.4 is 0 Å². The van der Waals surface area contributed by atoms with Crippen molar-refractivity contribution in [1.82, 2.24) is 15.0 Å². The Kier molecular flexibility index (Phi) is 2.79. The van der Waals surface area contributed by atoms with Crippen molar-refractivity contribution < 1.29 is 4.39 Å². The first kappa shape index (κ1) is 10.5. The molecule has 0 saturated heterocycles. The number of aromatic nitrogens is 3. The van der Waals surface area contributed by atoms with Crippen molar-refractivity contribution in [2.24, 2.45) is 0 Å². The summed E-state index contributed by atoms with van der Waals surface area (Å²) in [6, 6.07) is 3.59. The van der Waals surface area contributed by atoms with Gasteiger partial charge in [-0.3, -0.25) is 0 Å². The first-order chi connectivity index (χ1) is 7.70. The normalized spacial score (nSPS) is 10.0. The Morgan fingerprint density at radius 2 is 1.94 bits per heavy atom. The Balaban J connectivity index is 2.56. The van der Waals surface area contributed by atoms with E-state index < -0.39 is 5.82 Å². The van der Waals surface area contributed by atoms with Gasteiger partial charge in [-0.15, -0.1) is 0 Å². The molecule has 16 heavy (non-hydrogen) atoms. The quantitative estimate of drug-likeness (QED) is 0.670. The van der Waals surface area contributed by atoms with Crippen LogP contribution in [0.2, 0.25) is 0 Å². The third-order valence-electron chi connectivity index (χ3n) is 2.03. The molecule has 0 bridgehead atoms. The fraction of sp³-hybridized carbons (Fsp3) is 0.0909. The molecule has 2 rings (SSSR count). The van der Waals surface area contributed by atoms with Gasteiger partial charge < -0.3 is 0 Å². The molecule has 76 valence electrons. The number of nitrogens with zero attached hydrogens (tertiary/aromatic N) is 3. The Bertz CT molecular complexity index is 560. The van der Waals surface area contributed by atoms with Crippen LogP contribution in [0.3, 0.4) is 0 Å². The summed E-state index contributed by atoms with van der Waals surface area (Å²) in [5, 5.41) is 0. The van der Waals surface area contributed by atoms with E-state index in [1.807, 2.05) is 13.0 Å². The van der Waals surface area contributed by atoms with E-state index in [2.05, 4.69) is 20.8 Å². The van der Waals surface area contributed by atoms with Crippen LogP contribution in [0.1, 0.15) is 11.4 Å². The number of hydrogen-bond acceptors (Lipinski definition) is 3. The zero-order chi connectivity index (χ0) is 11.5. The van der Waals surface area contributed by atoms with E-state index in [0.29, 0.717) is 17.1 Å². The number of hydrogen-bond donors (Lipinski definition) is 0. The van der Waals surface area contributed by atoms with E-state index in [1.165, 1.54) is 0 Å². The molecule has 2 heterocycles. The third-order valence-corrected chi connectivity index (χ3v) is 2.03. The molecule has 2 aromatic rings. The van der Waals surface area contributed by atoms with Crippen LogP contribution >= 0.6 is 0 Å². The summed E-state index contributed by atoms with van der Waals surface area (Å²) in [5.74, 6) is 2.36. The van der Waals surface area contributed by atoms with Crippen molar-refractivity contribution in [2.45, 2.75) is 6.92 Å². The molecule has 0 fully saturated rings. The monoisotopic (exact) mass is 211 g/mol. The van der Waals surface area contributed by atoms with Crippen molar-refractivity contribution in [1.29, 1.82) is 0 Å². The van der Waals surface area contributed by atoms with E-state index in [9.17, 15) is 4.39 Å². The maximum atomic E-state index is 12.7. The molecule has 0 spiro atoms. The fourth-order valence-corrected chi connectivity index (χ4v) is 1.30. The van der Waals surface area contributed by atoms with Crippen molar-refractivity contribution in [2.75, 3.05) is 0 Å². The van der Waals surface area contributed by atoms with Crippen LogP contribution in [0.5, 0.6) is 0 Å². The number of halogens is 1. The fourth-order valence-electron chi connectivity index (χ4n) is 1.30. The summed E-state index contributed by atoms with van der Waals surface area (Å²) in [5.41, 5.74) is 1.92. The topological polar surface area (TPSA) is 38.7 Å². The molecule has 0 amide bonds. The summed E-state index contributed by atoms with van der Waals surface area (Å²) < 4.78 is 12.7. The minimum atomic E-state index is -0.480. The standard InChI is InChI=1S/C11H7BFN3/c1-7-2-3-9(10(4-12)16-7)11-14-5-8(13)6-15-11/h2-3,5-6H,1H3. The van der Waals surface area contributed by atoms with Crippen LogP contribution in [0.15, 0.2) is 24.5 Å². The molecule has 0 unspecified atom stereocenters. The van der Waals surface area contributed by atoms with Crippen molar-refractivity contribution >= 4 is 7.33 Å². The average molecular weight is 211 g/mol. The number of rotatable bonds is 1. The first-order valence-electron chi connectivity index (χ1n) is 4.63. The van der Waals surface area contributed by atoms with Crippen molar-refractivity contribution in [3.63, 3.8) is 0 Å². The summed E-state index contributed by atoms with van der Waals surface area (Å²) in [6.07, 6.45) is 2.20. The van der Waals surface area contributed by atoms with Gasteiger partial charge in [0.1, 0.15) is 0 Å². The van der Waals surface area contributed by atoms with E-state index in [0.717, 1.165) is 18.1 Å². The van der Waals surface area contributed by atoms with Gasteiger partial charge in [0.2, 0.25) is 0 Å². The van der Waals surface area contributed by atoms with Crippen LogP contribution in [-0.2, 0) is 0 Å². The van der Waals surface area contributed by atoms with Gasteiger partial charge in [0.05, 0.1) is 0 Å². The first-order valence-corrected chi connectivity index (χ1v) is 4.63. The number of pyridine rings is 1. The predicted octanol–water partition coefficient (Wildman–Crippen LogP) is 1.46. The summed E-state index contributed by atoms with van der Waals surface area (Å²) in [7, 11) is 5.34. The van der Waals surface area contributed by atoms with Gasteiger partial charge in [0, 0.05) is 0 Å². The summed E-state index contributed by atoms with van der Waals surface area (Å²) in [6.45, 7) is 1.84. The molecule has 0 saturated carbocycles. The molecule has 3 nitrogen and oxygen atoms in total. The molecule has 0 atom stereocenters. The third kappa shape index (κ3) is 1.99. The Hall–Kier alpha value is -2.00. The molecule has 2 aromatic heterocycles. The second-order valence-electron chi connectivity index (χ2n) is 3.22. The SMILES string of the molecule is B#Cc1nc(C)ccc1-c1ncc(F)cn1. The van der Waals surface area contributed by atoms with Gasteiger partial charge >= 0.3 is 92.5 Å². The summed E-state index contributed by atoms with van der Waals surface area (Å²) in [4.78, 5) is 11.9. The maximum absolute atomic E-state index is 12.7. The van der Waals surface area contributed by atoms with Crippen molar-refractivity contribution in [3.8, 4) is 17.2 Å².